The maximum atomic E-state index is 12.9. The van der Waals surface area contributed by atoms with E-state index >= 15 is 0 Å². The van der Waals surface area contributed by atoms with Gasteiger partial charge in [0.15, 0.2) is 0 Å². The first-order valence-corrected chi connectivity index (χ1v) is 10.8. The quantitative estimate of drug-likeness (QED) is 0.383. The second kappa shape index (κ2) is 9.79. The molecule has 1 heterocycles. The molecule has 0 spiro atoms. The van der Waals surface area contributed by atoms with Gasteiger partial charge in [0.1, 0.15) is 11.5 Å². The summed E-state index contributed by atoms with van der Waals surface area (Å²) >= 11 is 6.55. The van der Waals surface area contributed by atoms with E-state index in [9.17, 15) is 4.79 Å². The van der Waals surface area contributed by atoms with Crippen molar-refractivity contribution in [1.29, 1.82) is 0 Å². The molecule has 1 unspecified atom stereocenters. The number of fused-ring (bicyclic) bond motifs is 1. The minimum Gasteiger partial charge on any atom is -0.497 e. The average Bonchev–Trinajstić information content (AvgIpc) is 3.24. The van der Waals surface area contributed by atoms with Crippen molar-refractivity contribution in [2.75, 3.05) is 20.8 Å². The van der Waals surface area contributed by atoms with Gasteiger partial charge in [-0.1, -0.05) is 54.1 Å². The summed E-state index contributed by atoms with van der Waals surface area (Å²) in [6, 6.07) is 21.3. The van der Waals surface area contributed by atoms with E-state index < -0.39 is 0 Å². The molecule has 4 aromatic rings. The van der Waals surface area contributed by atoms with Crippen molar-refractivity contribution in [3.05, 3.63) is 94.6 Å². The maximum Gasteiger partial charge on any atom is 0.224 e. The van der Waals surface area contributed by atoms with Crippen molar-refractivity contribution in [3.8, 4) is 11.5 Å². The van der Waals surface area contributed by atoms with Gasteiger partial charge in [0, 0.05) is 46.2 Å². The number of ether oxygens (including phenoxy) is 2. The second-order valence-electron chi connectivity index (χ2n) is 7.52. The number of aromatic nitrogens is 1. The lowest BCUT2D eigenvalue weighted by Crippen LogP contribution is -2.30. The second-order valence-corrected chi connectivity index (χ2v) is 7.93. The molecule has 0 aliphatic heterocycles. The molecule has 0 saturated carbocycles. The Labute approximate surface area is 192 Å². The molecule has 1 aromatic heterocycles. The largest absolute Gasteiger partial charge is 0.497 e. The molecule has 1 amide bonds. The van der Waals surface area contributed by atoms with Crippen LogP contribution in [0.5, 0.6) is 11.5 Å². The Morgan fingerprint density at radius 2 is 1.78 bits per heavy atom. The van der Waals surface area contributed by atoms with E-state index in [2.05, 4.69) is 16.4 Å². The van der Waals surface area contributed by atoms with Crippen LogP contribution >= 0.6 is 11.6 Å². The van der Waals surface area contributed by atoms with Gasteiger partial charge in [-0.3, -0.25) is 4.79 Å². The van der Waals surface area contributed by atoms with E-state index in [0.29, 0.717) is 23.1 Å². The molecule has 0 aliphatic rings. The number of carbonyl (C=O) groups is 1. The fourth-order valence-electron chi connectivity index (χ4n) is 3.98. The summed E-state index contributed by atoms with van der Waals surface area (Å²) in [5.74, 6) is 1.12. The minimum atomic E-state index is -0.0958. The molecule has 0 saturated heterocycles. The summed E-state index contributed by atoms with van der Waals surface area (Å²) in [7, 11) is 3.18. The van der Waals surface area contributed by atoms with Crippen LogP contribution in [0.2, 0.25) is 5.02 Å². The number of rotatable bonds is 8. The van der Waals surface area contributed by atoms with Crippen LogP contribution in [0, 0.1) is 0 Å². The smallest absolute Gasteiger partial charge is 0.224 e. The van der Waals surface area contributed by atoms with Crippen molar-refractivity contribution >= 4 is 28.4 Å². The molecule has 3 aromatic carbocycles. The molecular weight excluding hydrogens is 424 g/mol. The molecular formula is C26H25ClN2O3. The maximum absolute atomic E-state index is 12.9. The zero-order chi connectivity index (χ0) is 22.5. The number of benzene rings is 3. The van der Waals surface area contributed by atoms with Crippen molar-refractivity contribution in [1.82, 2.24) is 10.3 Å². The minimum absolute atomic E-state index is 0.0923. The summed E-state index contributed by atoms with van der Waals surface area (Å²) < 4.78 is 10.7. The Hall–Kier alpha value is -3.44. The number of methoxy groups -OCH3 is 2. The van der Waals surface area contributed by atoms with Crippen LogP contribution in [-0.4, -0.2) is 31.7 Å². The summed E-state index contributed by atoms with van der Waals surface area (Å²) in [4.78, 5) is 16.2. The average molecular weight is 449 g/mol. The molecule has 1 atom stereocenters. The fraction of sp³-hybridized carbons (Fsp3) is 0.192. The van der Waals surface area contributed by atoms with Gasteiger partial charge in [0.05, 0.1) is 20.6 Å². The number of hydrogen-bond donors (Lipinski definition) is 2. The normalized spacial score (nSPS) is 11.8. The van der Waals surface area contributed by atoms with Crippen molar-refractivity contribution in [2.24, 2.45) is 0 Å². The number of carbonyl (C=O) groups excluding carboxylic acids is 1. The fourth-order valence-corrected chi connectivity index (χ4v) is 4.24. The van der Waals surface area contributed by atoms with Gasteiger partial charge >= 0.3 is 0 Å². The summed E-state index contributed by atoms with van der Waals surface area (Å²) in [6.07, 6.45) is 2.20. The van der Waals surface area contributed by atoms with Gasteiger partial charge < -0.3 is 19.8 Å². The van der Waals surface area contributed by atoms with Crippen LogP contribution in [0.1, 0.15) is 22.6 Å². The highest BCUT2D eigenvalue weighted by molar-refractivity contribution is 6.31. The molecule has 4 rings (SSSR count). The zero-order valence-corrected chi connectivity index (χ0v) is 18.8. The predicted octanol–water partition coefficient (Wildman–Crippen LogP) is 5.33. The molecule has 32 heavy (non-hydrogen) atoms. The van der Waals surface area contributed by atoms with E-state index in [0.717, 1.165) is 27.6 Å². The van der Waals surface area contributed by atoms with Gasteiger partial charge in [-0.25, -0.2) is 0 Å². The van der Waals surface area contributed by atoms with Crippen LogP contribution < -0.4 is 14.8 Å². The Morgan fingerprint density at radius 1 is 1.00 bits per heavy atom. The Balaban J connectivity index is 1.57. The number of H-pyrrole nitrogens is 1. The predicted molar refractivity (Wildman–Crippen MR) is 128 cm³/mol. The lowest BCUT2D eigenvalue weighted by Gasteiger charge is -2.20. The first-order valence-electron chi connectivity index (χ1n) is 10.4. The molecule has 6 heteroatoms. The number of hydrogen-bond acceptors (Lipinski definition) is 3. The first kappa shape index (κ1) is 21.8. The summed E-state index contributed by atoms with van der Waals surface area (Å²) in [5, 5.41) is 4.88. The third-order valence-electron chi connectivity index (χ3n) is 5.63. The van der Waals surface area contributed by atoms with Gasteiger partial charge in [-0.05, 0) is 29.3 Å². The van der Waals surface area contributed by atoms with Gasteiger partial charge in [-0.15, -0.1) is 0 Å². The van der Waals surface area contributed by atoms with Crippen LogP contribution in [0.25, 0.3) is 10.9 Å². The van der Waals surface area contributed by atoms with Crippen molar-refractivity contribution in [3.63, 3.8) is 0 Å². The standard InChI is InChI=1S/C26H25ClN2O3/c1-31-18-12-11-17(25(14-18)32-2)13-26(30)29-16-21(19-7-3-5-9-23(19)27)22-15-28-24-10-6-4-8-20(22)24/h3-12,14-15,21,28H,13,16H2,1-2H3,(H,29,30). The van der Waals surface area contributed by atoms with Gasteiger partial charge in [0.2, 0.25) is 5.91 Å². The number of amides is 1. The topological polar surface area (TPSA) is 63.3 Å². The highest BCUT2D eigenvalue weighted by Gasteiger charge is 2.21. The molecule has 2 N–H and O–H groups in total. The highest BCUT2D eigenvalue weighted by Crippen LogP contribution is 2.34. The van der Waals surface area contributed by atoms with E-state index in [1.807, 2.05) is 60.8 Å². The Bertz CT molecular complexity index is 1230. The third kappa shape index (κ3) is 4.58. The number of halogens is 1. The Kier molecular flexibility index (Phi) is 6.66. The lowest BCUT2D eigenvalue weighted by molar-refractivity contribution is -0.120. The molecule has 0 radical (unpaired) electrons. The number of para-hydroxylation sites is 1. The monoisotopic (exact) mass is 448 g/mol. The summed E-state index contributed by atoms with van der Waals surface area (Å²) in [5.41, 5.74) is 3.92. The van der Waals surface area contributed by atoms with E-state index in [1.54, 1.807) is 20.3 Å². The lowest BCUT2D eigenvalue weighted by atomic mass is 9.90. The van der Waals surface area contributed by atoms with Crippen LogP contribution in [0.15, 0.2) is 72.9 Å². The third-order valence-corrected chi connectivity index (χ3v) is 5.97. The van der Waals surface area contributed by atoms with Crippen LogP contribution in [0.3, 0.4) is 0 Å². The number of aromatic amines is 1. The molecule has 5 nitrogen and oxygen atoms in total. The van der Waals surface area contributed by atoms with Crippen molar-refractivity contribution < 1.29 is 14.3 Å². The van der Waals surface area contributed by atoms with E-state index in [1.165, 1.54) is 0 Å². The molecule has 0 aliphatic carbocycles. The van der Waals surface area contributed by atoms with Crippen LogP contribution in [-0.2, 0) is 11.2 Å². The van der Waals surface area contributed by atoms with E-state index in [-0.39, 0.29) is 18.2 Å². The number of nitrogens with one attached hydrogen (secondary N) is 2. The van der Waals surface area contributed by atoms with Crippen molar-refractivity contribution in [2.45, 2.75) is 12.3 Å². The molecule has 0 bridgehead atoms. The van der Waals surface area contributed by atoms with Gasteiger partial charge in [-0.2, -0.15) is 0 Å². The SMILES string of the molecule is COc1ccc(CC(=O)NCC(c2ccccc2Cl)c2c[nH]c3ccccc23)c(OC)c1. The van der Waals surface area contributed by atoms with E-state index in [4.69, 9.17) is 21.1 Å². The highest BCUT2D eigenvalue weighted by atomic mass is 35.5. The molecule has 164 valence electrons. The van der Waals surface area contributed by atoms with Crippen LogP contribution in [0.4, 0.5) is 0 Å². The Morgan fingerprint density at radius 3 is 2.56 bits per heavy atom. The first-order chi connectivity index (χ1) is 15.6. The van der Waals surface area contributed by atoms with Gasteiger partial charge in [0.25, 0.3) is 0 Å². The summed E-state index contributed by atoms with van der Waals surface area (Å²) in [6.45, 7) is 0.420. The zero-order valence-electron chi connectivity index (χ0n) is 18.0. The molecule has 0 fully saturated rings.